The standard InChI is InChI=1S/C14H25NO/c1-12(2)5-8-16-9-7-14(11-15)6-4-13(3)10-14/h12-13H,4-10H2,1-3H3. The highest BCUT2D eigenvalue weighted by molar-refractivity contribution is 5.03. The lowest BCUT2D eigenvalue weighted by Crippen LogP contribution is -2.17. The third kappa shape index (κ3) is 4.14. The highest BCUT2D eigenvalue weighted by Crippen LogP contribution is 2.43. The second-order valence-electron chi connectivity index (χ2n) is 5.78. The topological polar surface area (TPSA) is 33.0 Å². The Labute approximate surface area is 100.0 Å². The molecule has 16 heavy (non-hydrogen) atoms. The van der Waals surface area contributed by atoms with Gasteiger partial charge >= 0.3 is 0 Å². The van der Waals surface area contributed by atoms with Crippen molar-refractivity contribution in [1.29, 1.82) is 5.26 Å². The Kier molecular flexibility index (Phi) is 5.28. The Balaban J connectivity index is 2.18. The van der Waals surface area contributed by atoms with Crippen LogP contribution in [0, 0.1) is 28.6 Å². The van der Waals surface area contributed by atoms with Gasteiger partial charge in [0.05, 0.1) is 11.5 Å². The summed E-state index contributed by atoms with van der Waals surface area (Å²) in [5.41, 5.74) is -0.0722. The summed E-state index contributed by atoms with van der Waals surface area (Å²) in [4.78, 5) is 0. The van der Waals surface area contributed by atoms with Gasteiger partial charge in [-0.2, -0.15) is 5.26 Å². The van der Waals surface area contributed by atoms with E-state index in [0.29, 0.717) is 5.92 Å². The smallest absolute Gasteiger partial charge is 0.0690 e. The Morgan fingerprint density at radius 2 is 2.19 bits per heavy atom. The van der Waals surface area contributed by atoms with Crippen molar-refractivity contribution in [3.05, 3.63) is 0 Å². The molecule has 0 amide bonds. The van der Waals surface area contributed by atoms with E-state index in [0.717, 1.165) is 44.8 Å². The van der Waals surface area contributed by atoms with Crippen molar-refractivity contribution in [3.8, 4) is 6.07 Å². The van der Waals surface area contributed by atoms with E-state index >= 15 is 0 Å². The fourth-order valence-corrected chi connectivity index (χ4v) is 2.47. The molecule has 1 rings (SSSR count). The van der Waals surface area contributed by atoms with Crippen molar-refractivity contribution < 1.29 is 4.74 Å². The highest BCUT2D eigenvalue weighted by Gasteiger charge is 2.37. The van der Waals surface area contributed by atoms with Crippen molar-refractivity contribution >= 4 is 0 Å². The molecule has 1 aliphatic rings. The maximum absolute atomic E-state index is 9.27. The molecule has 0 radical (unpaired) electrons. The zero-order valence-corrected chi connectivity index (χ0v) is 11.0. The lowest BCUT2D eigenvalue weighted by molar-refractivity contribution is 0.100. The maximum Gasteiger partial charge on any atom is 0.0690 e. The maximum atomic E-state index is 9.27. The third-order valence-corrected chi connectivity index (χ3v) is 3.66. The van der Waals surface area contributed by atoms with Crippen LogP contribution in [0.2, 0.25) is 0 Å². The normalized spacial score (nSPS) is 29.6. The van der Waals surface area contributed by atoms with Crippen molar-refractivity contribution in [2.24, 2.45) is 17.3 Å². The molecule has 2 nitrogen and oxygen atoms in total. The minimum atomic E-state index is -0.0722. The molecule has 0 N–H and O–H groups in total. The van der Waals surface area contributed by atoms with E-state index in [1.165, 1.54) is 6.42 Å². The zero-order valence-electron chi connectivity index (χ0n) is 11.0. The molecule has 2 heteroatoms. The van der Waals surface area contributed by atoms with E-state index in [1.807, 2.05) is 0 Å². The van der Waals surface area contributed by atoms with Crippen molar-refractivity contribution in [1.82, 2.24) is 0 Å². The summed E-state index contributed by atoms with van der Waals surface area (Å²) >= 11 is 0. The van der Waals surface area contributed by atoms with Gasteiger partial charge in [-0.1, -0.05) is 20.8 Å². The van der Waals surface area contributed by atoms with Crippen molar-refractivity contribution in [2.75, 3.05) is 13.2 Å². The van der Waals surface area contributed by atoms with Crippen LogP contribution in [0.4, 0.5) is 0 Å². The summed E-state index contributed by atoms with van der Waals surface area (Å²) in [6.07, 6.45) is 5.39. The van der Waals surface area contributed by atoms with E-state index in [-0.39, 0.29) is 5.41 Å². The Morgan fingerprint density at radius 1 is 1.44 bits per heavy atom. The summed E-state index contributed by atoms with van der Waals surface area (Å²) in [7, 11) is 0. The molecule has 0 heterocycles. The van der Waals surface area contributed by atoms with Crippen LogP contribution < -0.4 is 0 Å². The number of nitriles is 1. The van der Waals surface area contributed by atoms with Gasteiger partial charge in [-0.25, -0.2) is 0 Å². The Hall–Kier alpha value is -0.550. The van der Waals surface area contributed by atoms with Crippen molar-refractivity contribution in [3.63, 3.8) is 0 Å². The molecule has 0 spiro atoms. The quantitative estimate of drug-likeness (QED) is 0.642. The summed E-state index contributed by atoms with van der Waals surface area (Å²) in [5.74, 6) is 1.42. The van der Waals surface area contributed by atoms with Gasteiger partial charge in [-0.05, 0) is 43.9 Å². The Morgan fingerprint density at radius 3 is 2.69 bits per heavy atom. The van der Waals surface area contributed by atoms with Crippen LogP contribution in [-0.2, 0) is 4.74 Å². The minimum Gasteiger partial charge on any atom is -0.381 e. The fourth-order valence-electron chi connectivity index (χ4n) is 2.47. The molecule has 0 aromatic carbocycles. The van der Waals surface area contributed by atoms with Gasteiger partial charge in [0.1, 0.15) is 0 Å². The lowest BCUT2D eigenvalue weighted by atomic mass is 9.84. The monoisotopic (exact) mass is 223 g/mol. The number of rotatable bonds is 6. The van der Waals surface area contributed by atoms with Gasteiger partial charge in [0, 0.05) is 13.2 Å². The molecule has 2 unspecified atom stereocenters. The van der Waals surface area contributed by atoms with Gasteiger partial charge < -0.3 is 4.74 Å². The van der Waals surface area contributed by atoms with Crippen LogP contribution in [0.25, 0.3) is 0 Å². The van der Waals surface area contributed by atoms with Gasteiger partial charge in [-0.3, -0.25) is 0 Å². The zero-order chi connectivity index (χ0) is 12.0. The predicted octanol–water partition coefficient (Wildman–Crippen LogP) is 3.77. The molecule has 0 bridgehead atoms. The van der Waals surface area contributed by atoms with E-state index in [2.05, 4.69) is 26.8 Å². The minimum absolute atomic E-state index is 0.0722. The fraction of sp³-hybridized carbons (Fsp3) is 0.929. The number of ether oxygens (including phenoxy) is 1. The third-order valence-electron chi connectivity index (χ3n) is 3.66. The first-order valence-electron chi connectivity index (χ1n) is 6.57. The van der Waals surface area contributed by atoms with E-state index in [4.69, 9.17) is 4.74 Å². The summed E-state index contributed by atoms with van der Waals surface area (Å²) in [5, 5.41) is 9.27. The van der Waals surface area contributed by atoms with Crippen LogP contribution in [0.5, 0.6) is 0 Å². The molecule has 0 aromatic rings. The SMILES string of the molecule is CC(C)CCOCCC1(C#N)CCC(C)C1. The van der Waals surface area contributed by atoms with Crippen LogP contribution in [0.3, 0.4) is 0 Å². The number of hydrogen-bond acceptors (Lipinski definition) is 2. The van der Waals surface area contributed by atoms with E-state index in [1.54, 1.807) is 0 Å². The average molecular weight is 223 g/mol. The van der Waals surface area contributed by atoms with Crippen LogP contribution in [0.1, 0.15) is 52.9 Å². The van der Waals surface area contributed by atoms with Crippen LogP contribution in [0.15, 0.2) is 0 Å². The predicted molar refractivity (Wildman–Crippen MR) is 66.0 cm³/mol. The molecule has 92 valence electrons. The summed E-state index contributed by atoms with van der Waals surface area (Å²) in [6, 6.07) is 2.53. The highest BCUT2D eigenvalue weighted by atomic mass is 16.5. The number of hydrogen-bond donors (Lipinski definition) is 0. The summed E-state index contributed by atoms with van der Waals surface area (Å²) < 4.78 is 5.62. The van der Waals surface area contributed by atoms with Gasteiger partial charge in [0.25, 0.3) is 0 Å². The summed E-state index contributed by atoms with van der Waals surface area (Å²) in [6.45, 7) is 8.26. The first-order valence-corrected chi connectivity index (χ1v) is 6.57. The first-order chi connectivity index (χ1) is 7.58. The van der Waals surface area contributed by atoms with Gasteiger partial charge in [0.15, 0.2) is 0 Å². The molecular weight excluding hydrogens is 198 g/mol. The molecule has 0 aliphatic heterocycles. The van der Waals surface area contributed by atoms with E-state index in [9.17, 15) is 5.26 Å². The second kappa shape index (κ2) is 6.25. The lowest BCUT2D eigenvalue weighted by Gasteiger charge is -2.20. The van der Waals surface area contributed by atoms with Gasteiger partial charge in [-0.15, -0.1) is 0 Å². The van der Waals surface area contributed by atoms with Gasteiger partial charge in [0.2, 0.25) is 0 Å². The number of nitrogens with zero attached hydrogens (tertiary/aromatic N) is 1. The van der Waals surface area contributed by atoms with E-state index < -0.39 is 0 Å². The molecule has 1 fully saturated rings. The molecular formula is C14H25NO. The first kappa shape index (κ1) is 13.5. The van der Waals surface area contributed by atoms with Crippen LogP contribution in [-0.4, -0.2) is 13.2 Å². The van der Waals surface area contributed by atoms with Crippen molar-refractivity contribution in [2.45, 2.75) is 52.9 Å². The molecule has 1 saturated carbocycles. The molecule has 0 aromatic heterocycles. The average Bonchev–Trinajstić information content (AvgIpc) is 2.60. The molecule has 2 atom stereocenters. The van der Waals surface area contributed by atoms with Crippen LogP contribution >= 0.6 is 0 Å². The largest absolute Gasteiger partial charge is 0.381 e. The molecule has 0 saturated heterocycles. The second-order valence-corrected chi connectivity index (χ2v) is 5.78. The molecule has 1 aliphatic carbocycles. The Bertz CT molecular complexity index is 244.